The zero-order valence-electron chi connectivity index (χ0n) is 20.8. The molecule has 196 valence electrons. The van der Waals surface area contributed by atoms with Crippen LogP contribution in [0.1, 0.15) is 18.4 Å². The van der Waals surface area contributed by atoms with Gasteiger partial charge in [-0.05, 0) is 30.2 Å². The van der Waals surface area contributed by atoms with Crippen LogP contribution in [0.5, 0.6) is 5.75 Å². The van der Waals surface area contributed by atoms with E-state index < -0.39 is 6.61 Å². The van der Waals surface area contributed by atoms with Gasteiger partial charge in [0, 0.05) is 62.7 Å². The molecule has 1 unspecified atom stereocenters. The van der Waals surface area contributed by atoms with Gasteiger partial charge in [-0.25, -0.2) is 9.97 Å². The van der Waals surface area contributed by atoms with E-state index in [0.717, 1.165) is 24.1 Å². The second-order valence-corrected chi connectivity index (χ2v) is 9.60. The summed E-state index contributed by atoms with van der Waals surface area (Å²) in [5.74, 6) is 0.923. The Kier molecular flexibility index (Phi) is 6.05. The van der Waals surface area contributed by atoms with E-state index in [1.807, 2.05) is 17.0 Å². The molecule has 0 radical (unpaired) electrons. The smallest absolute Gasteiger partial charge is 0.387 e. The van der Waals surface area contributed by atoms with Gasteiger partial charge >= 0.3 is 6.61 Å². The summed E-state index contributed by atoms with van der Waals surface area (Å²) in [6, 6.07) is 12.3. The molecule has 2 aromatic carbocycles. The number of benzene rings is 2. The van der Waals surface area contributed by atoms with Crippen molar-refractivity contribution in [3.05, 3.63) is 70.8 Å². The number of alkyl halides is 2. The highest BCUT2D eigenvalue weighted by Crippen LogP contribution is 2.28. The highest BCUT2D eigenvalue weighted by atomic mass is 19.3. The van der Waals surface area contributed by atoms with E-state index in [9.17, 15) is 18.4 Å². The molecule has 0 saturated carbocycles. The van der Waals surface area contributed by atoms with E-state index in [-0.39, 0.29) is 29.8 Å². The molecule has 9 nitrogen and oxygen atoms in total. The number of anilines is 1. The highest BCUT2D eigenvalue weighted by Gasteiger charge is 2.36. The molecule has 1 atom stereocenters. The average molecular weight is 521 g/mol. The number of carbonyl (C=O) groups is 1. The van der Waals surface area contributed by atoms with Crippen molar-refractivity contribution in [2.24, 2.45) is 7.05 Å². The lowest BCUT2D eigenvalue weighted by atomic mass is 10.1. The number of carbonyl (C=O) groups excluding carboxylic acids is 1. The molecule has 4 aromatic rings. The van der Waals surface area contributed by atoms with E-state index in [1.54, 1.807) is 48.4 Å². The van der Waals surface area contributed by atoms with Crippen molar-refractivity contribution in [3.63, 3.8) is 0 Å². The van der Waals surface area contributed by atoms with Crippen LogP contribution in [-0.4, -0.2) is 62.4 Å². The van der Waals surface area contributed by atoms with E-state index in [0.29, 0.717) is 41.9 Å². The molecule has 11 heteroatoms. The maximum Gasteiger partial charge on any atom is 0.387 e. The van der Waals surface area contributed by atoms with E-state index in [1.165, 1.54) is 10.7 Å². The summed E-state index contributed by atoms with van der Waals surface area (Å²) in [6.45, 7) is -0.667. The molecule has 1 amide bonds. The van der Waals surface area contributed by atoms with Crippen LogP contribution in [0.25, 0.3) is 22.0 Å². The average Bonchev–Trinajstić information content (AvgIpc) is 3.41. The van der Waals surface area contributed by atoms with Crippen LogP contribution in [-0.2, 0) is 18.4 Å². The van der Waals surface area contributed by atoms with Crippen LogP contribution in [0.3, 0.4) is 0 Å². The molecular formula is C27H26F2N6O3. The standard InChI is InChI=1S/C27H26F2N6O3/c1-32-25(37)21-8-6-17(12-22(21)35(32)15-18-4-2-3-5-23(18)38-26(28)29)19-13-30-27(31-14-19)33-10-11-34-20(16-33)7-9-24(34)36/h2-6,8,12-14,20,26H,7,9-11,15-16H2,1H3. The lowest BCUT2D eigenvalue weighted by molar-refractivity contribution is -0.129. The largest absolute Gasteiger partial charge is 0.434 e. The number of halogens is 2. The first-order valence-corrected chi connectivity index (χ1v) is 12.5. The van der Waals surface area contributed by atoms with Crippen LogP contribution in [0.15, 0.2) is 59.7 Å². The first-order valence-electron chi connectivity index (χ1n) is 12.5. The molecule has 2 saturated heterocycles. The number of nitrogens with zero attached hydrogens (tertiary/aromatic N) is 6. The summed E-state index contributed by atoms with van der Waals surface area (Å²) >= 11 is 0. The molecule has 0 bridgehead atoms. The van der Waals surface area contributed by atoms with Crippen molar-refractivity contribution in [2.45, 2.75) is 32.0 Å². The van der Waals surface area contributed by atoms with Crippen molar-refractivity contribution < 1.29 is 18.3 Å². The predicted octanol–water partition coefficient (Wildman–Crippen LogP) is 3.26. The molecule has 0 N–H and O–H groups in total. The second-order valence-electron chi connectivity index (χ2n) is 9.60. The Balaban J connectivity index is 1.29. The summed E-state index contributed by atoms with van der Waals surface area (Å²) in [5.41, 5.74) is 2.62. The number of piperazine rings is 1. The Labute approximate surface area is 216 Å². The SMILES string of the molecule is Cn1c(=O)c2ccc(-c3cnc(N4CCN5C(=O)CCC5C4)nc3)cc2n1Cc1ccccc1OC(F)F. The van der Waals surface area contributed by atoms with E-state index in [2.05, 4.69) is 19.6 Å². The molecule has 0 aliphatic carbocycles. The van der Waals surface area contributed by atoms with Gasteiger partial charge in [-0.3, -0.25) is 19.0 Å². The van der Waals surface area contributed by atoms with Gasteiger partial charge < -0.3 is 14.5 Å². The minimum Gasteiger partial charge on any atom is -0.434 e. The van der Waals surface area contributed by atoms with Crippen LogP contribution >= 0.6 is 0 Å². The van der Waals surface area contributed by atoms with Crippen LogP contribution in [0, 0.1) is 0 Å². The Morgan fingerprint density at radius 3 is 2.63 bits per heavy atom. The number of aromatic nitrogens is 4. The van der Waals surface area contributed by atoms with Crippen molar-refractivity contribution >= 4 is 22.8 Å². The van der Waals surface area contributed by atoms with E-state index in [4.69, 9.17) is 0 Å². The fourth-order valence-corrected chi connectivity index (χ4v) is 5.43. The molecule has 2 fully saturated rings. The zero-order chi connectivity index (χ0) is 26.4. The summed E-state index contributed by atoms with van der Waals surface area (Å²) < 4.78 is 33.7. The third kappa shape index (κ3) is 4.27. The van der Waals surface area contributed by atoms with Crippen LogP contribution in [0.4, 0.5) is 14.7 Å². The molecular weight excluding hydrogens is 494 g/mol. The van der Waals surface area contributed by atoms with Crippen molar-refractivity contribution in [1.82, 2.24) is 24.2 Å². The monoisotopic (exact) mass is 520 g/mol. The van der Waals surface area contributed by atoms with Gasteiger partial charge in [0.2, 0.25) is 11.9 Å². The summed E-state index contributed by atoms with van der Waals surface area (Å²) in [4.78, 5) is 38.1. The van der Waals surface area contributed by atoms with Crippen LogP contribution < -0.4 is 15.2 Å². The Hall–Kier alpha value is -4.28. The fraction of sp³-hybridized carbons (Fsp3) is 0.333. The first kappa shape index (κ1) is 24.1. The summed E-state index contributed by atoms with van der Waals surface area (Å²) in [6.07, 6.45) is 4.99. The number of fused-ring (bicyclic) bond motifs is 2. The third-order valence-corrected chi connectivity index (χ3v) is 7.42. The number of ether oxygens (including phenoxy) is 1. The lowest BCUT2D eigenvalue weighted by Gasteiger charge is -2.37. The normalized spacial score (nSPS) is 17.5. The molecule has 0 spiro atoms. The third-order valence-electron chi connectivity index (χ3n) is 7.42. The topological polar surface area (TPSA) is 85.5 Å². The quantitative estimate of drug-likeness (QED) is 0.388. The van der Waals surface area contributed by atoms with Gasteiger partial charge in [-0.1, -0.05) is 24.3 Å². The van der Waals surface area contributed by atoms with Crippen molar-refractivity contribution in [3.8, 4) is 16.9 Å². The molecule has 4 heterocycles. The maximum absolute atomic E-state index is 12.9. The maximum atomic E-state index is 12.9. The van der Waals surface area contributed by atoms with Gasteiger partial charge in [-0.2, -0.15) is 8.78 Å². The highest BCUT2D eigenvalue weighted by molar-refractivity contribution is 5.84. The van der Waals surface area contributed by atoms with Gasteiger partial charge in [0.1, 0.15) is 5.75 Å². The Morgan fingerprint density at radius 2 is 1.84 bits per heavy atom. The summed E-state index contributed by atoms with van der Waals surface area (Å²) in [5, 5.41) is 0.519. The predicted molar refractivity (Wildman–Crippen MR) is 137 cm³/mol. The van der Waals surface area contributed by atoms with Gasteiger partial charge in [-0.15, -0.1) is 0 Å². The van der Waals surface area contributed by atoms with E-state index >= 15 is 0 Å². The zero-order valence-corrected chi connectivity index (χ0v) is 20.8. The number of amides is 1. The molecule has 2 aliphatic rings. The molecule has 38 heavy (non-hydrogen) atoms. The molecule has 2 aliphatic heterocycles. The number of hydrogen-bond donors (Lipinski definition) is 0. The van der Waals surface area contributed by atoms with Gasteiger partial charge in [0.05, 0.1) is 17.4 Å². The number of rotatable bonds is 6. The van der Waals surface area contributed by atoms with Crippen molar-refractivity contribution in [1.29, 1.82) is 0 Å². The van der Waals surface area contributed by atoms with Crippen LogP contribution in [0.2, 0.25) is 0 Å². The minimum absolute atomic E-state index is 0.0692. The van der Waals surface area contributed by atoms with Gasteiger partial charge in [0.25, 0.3) is 5.56 Å². The Morgan fingerprint density at radius 1 is 1.05 bits per heavy atom. The number of para-hydroxylation sites is 1. The summed E-state index contributed by atoms with van der Waals surface area (Å²) in [7, 11) is 1.65. The second kappa shape index (κ2) is 9.55. The van der Waals surface area contributed by atoms with Crippen molar-refractivity contribution in [2.75, 3.05) is 24.5 Å². The lowest BCUT2D eigenvalue weighted by Crippen LogP contribution is -2.52. The first-order chi connectivity index (χ1) is 18.4. The minimum atomic E-state index is -2.94. The fourth-order valence-electron chi connectivity index (χ4n) is 5.43. The Bertz CT molecular complexity index is 1570. The molecule has 6 rings (SSSR count). The number of hydrogen-bond acceptors (Lipinski definition) is 6. The van der Waals surface area contributed by atoms with Gasteiger partial charge in [0.15, 0.2) is 0 Å². The molecule has 2 aromatic heterocycles.